The highest BCUT2D eigenvalue weighted by molar-refractivity contribution is 7.89. The predicted molar refractivity (Wildman–Crippen MR) is 76.2 cm³/mol. The summed E-state index contributed by atoms with van der Waals surface area (Å²) >= 11 is 0. The fourth-order valence-corrected chi connectivity index (χ4v) is 3.82. The number of rotatable bonds is 4. The second kappa shape index (κ2) is 5.67. The molecule has 1 aliphatic heterocycles. The van der Waals surface area contributed by atoms with E-state index in [1.807, 2.05) is 7.05 Å². The van der Waals surface area contributed by atoms with Gasteiger partial charge in [-0.1, -0.05) is 0 Å². The number of benzene rings is 1. The number of sulfonamides is 1. The summed E-state index contributed by atoms with van der Waals surface area (Å²) in [6.45, 7) is 2.23. The Bertz CT molecular complexity index is 591. The first-order valence-corrected chi connectivity index (χ1v) is 7.94. The molecule has 1 aromatic rings. The number of halogens is 1. The monoisotopic (exact) mass is 301 g/mol. The molecule has 0 saturated carbocycles. The van der Waals surface area contributed by atoms with Gasteiger partial charge >= 0.3 is 0 Å². The van der Waals surface area contributed by atoms with E-state index in [0.29, 0.717) is 6.54 Å². The molecule has 0 radical (unpaired) electrons. The van der Waals surface area contributed by atoms with Gasteiger partial charge in [-0.05, 0) is 44.1 Å². The van der Waals surface area contributed by atoms with Gasteiger partial charge in [0.15, 0.2) is 0 Å². The molecule has 0 spiro atoms. The highest BCUT2D eigenvalue weighted by Crippen LogP contribution is 2.23. The maximum Gasteiger partial charge on any atom is 0.245 e. The van der Waals surface area contributed by atoms with Crippen molar-refractivity contribution in [3.8, 4) is 0 Å². The normalized spacial score (nSPS) is 20.7. The Morgan fingerprint density at radius 2 is 2.20 bits per heavy atom. The molecule has 0 aromatic heterocycles. The molecule has 1 heterocycles. The number of nitrogens with zero attached hydrogens (tertiary/aromatic N) is 2. The average molecular weight is 301 g/mol. The predicted octanol–water partition coefficient (Wildman–Crippen LogP) is 0.980. The van der Waals surface area contributed by atoms with Crippen molar-refractivity contribution in [3.05, 3.63) is 24.0 Å². The van der Waals surface area contributed by atoms with Gasteiger partial charge in [-0.25, -0.2) is 17.1 Å². The van der Waals surface area contributed by atoms with Crippen LogP contribution in [0.5, 0.6) is 0 Å². The van der Waals surface area contributed by atoms with Crippen molar-refractivity contribution in [3.63, 3.8) is 0 Å². The van der Waals surface area contributed by atoms with Gasteiger partial charge in [0, 0.05) is 25.8 Å². The summed E-state index contributed by atoms with van der Waals surface area (Å²) in [4.78, 5) is 1.84. The van der Waals surface area contributed by atoms with Crippen LogP contribution in [0, 0.1) is 11.7 Å². The molecule has 5 nitrogen and oxygen atoms in total. The summed E-state index contributed by atoms with van der Waals surface area (Å²) < 4.78 is 39.7. The van der Waals surface area contributed by atoms with E-state index in [2.05, 4.69) is 4.90 Å². The first kappa shape index (κ1) is 15.2. The van der Waals surface area contributed by atoms with E-state index < -0.39 is 15.8 Å². The second-order valence-corrected chi connectivity index (χ2v) is 7.41. The van der Waals surface area contributed by atoms with E-state index in [4.69, 9.17) is 5.73 Å². The van der Waals surface area contributed by atoms with Crippen molar-refractivity contribution in [2.24, 2.45) is 5.92 Å². The van der Waals surface area contributed by atoms with Crippen LogP contribution in [-0.4, -0.2) is 51.4 Å². The maximum absolute atomic E-state index is 13.8. The molecule has 0 bridgehead atoms. The van der Waals surface area contributed by atoms with Crippen molar-refractivity contribution in [1.29, 1.82) is 0 Å². The first-order chi connectivity index (χ1) is 9.30. The molecule has 112 valence electrons. The van der Waals surface area contributed by atoms with E-state index in [-0.39, 0.29) is 16.5 Å². The van der Waals surface area contributed by atoms with Crippen LogP contribution in [0.1, 0.15) is 6.42 Å². The zero-order valence-electron chi connectivity index (χ0n) is 11.7. The van der Waals surface area contributed by atoms with Crippen LogP contribution in [0.4, 0.5) is 10.1 Å². The van der Waals surface area contributed by atoms with Crippen LogP contribution in [0.15, 0.2) is 23.1 Å². The molecular formula is C13H20FN3O2S. The lowest BCUT2D eigenvalue weighted by atomic mass is 10.1. The summed E-state index contributed by atoms with van der Waals surface area (Å²) in [5, 5.41) is 0. The van der Waals surface area contributed by atoms with Gasteiger partial charge in [-0.15, -0.1) is 0 Å². The Hall–Kier alpha value is -1.18. The van der Waals surface area contributed by atoms with Gasteiger partial charge in [0.05, 0.1) is 0 Å². The minimum Gasteiger partial charge on any atom is -0.399 e. The topological polar surface area (TPSA) is 66.6 Å². The van der Waals surface area contributed by atoms with Gasteiger partial charge in [0.25, 0.3) is 0 Å². The summed E-state index contributed by atoms with van der Waals surface area (Å²) in [7, 11) is -0.309. The van der Waals surface area contributed by atoms with Gasteiger partial charge in [0.2, 0.25) is 10.0 Å². The quantitative estimate of drug-likeness (QED) is 0.842. The molecular weight excluding hydrogens is 281 g/mol. The number of likely N-dealkylation sites (tertiary alicyclic amines) is 1. The van der Waals surface area contributed by atoms with Crippen molar-refractivity contribution in [2.75, 3.05) is 39.5 Å². The highest BCUT2D eigenvalue weighted by atomic mass is 32.2. The average Bonchev–Trinajstić information content (AvgIpc) is 2.74. The molecule has 7 heteroatoms. The number of hydrogen-bond donors (Lipinski definition) is 1. The zero-order chi connectivity index (χ0) is 14.9. The van der Waals surface area contributed by atoms with E-state index in [0.717, 1.165) is 25.6 Å². The molecule has 1 saturated heterocycles. The van der Waals surface area contributed by atoms with E-state index in [1.54, 1.807) is 0 Å². The van der Waals surface area contributed by atoms with Crippen molar-refractivity contribution in [2.45, 2.75) is 11.3 Å². The molecule has 2 N–H and O–H groups in total. The molecule has 1 unspecified atom stereocenters. The van der Waals surface area contributed by atoms with Crippen LogP contribution < -0.4 is 5.73 Å². The fraction of sp³-hybridized carbons (Fsp3) is 0.538. The van der Waals surface area contributed by atoms with E-state index >= 15 is 0 Å². The standard InChI is InChI=1S/C13H20FN3O2S/c1-16-6-5-10(8-16)9-17(2)20(18,19)13-4-3-11(15)7-12(13)14/h3-4,7,10H,5-6,8-9,15H2,1-2H3. The highest BCUT2D eigenvalue weighted by Gasteiger charge is 2.29. The number of nitrogen functional groups attached to an aromatic ring is 1. The zero-order valence-corrected chi connectivity index (χ0v) is 12.5. The molecule has 2 rings (SSSR count). The number of anilines is 1. The SMILES string of the molecule is CN1CCC(CN(C)S(=O)(=O)c2ccc(N)cc2F)C1. The number of nitrogens with two attached hydrogens (primary N) is 1. The largest absolute Gasteiger partial charge is 0.399 e. The van der Waals surface area contributed by atoms with Crippen molar-refractivity contribution in [1.82, 2.24) is 9.21 Å². The van der Waals surface area contributed by atoms with Crippen LogP contribution in [-0.2, 0) is 10.0 Å². The lowest BCUT2D eigenvalue weighted by molar-refractivity contribution is 0.356. The first-order valence-electron chi connectivity index (χ1n) is 6.50. The summed E-state index contributed by atoms with van der Waals surface area (Å²) in [6, 6.07) is 3.65. The number of hydrogen-bond acceptors (Lipinski definition) is 4. The van der Waals surface area contributed by atoms with Gasteiger partial charge in [0.1, 0.15) is 10.7 Å². The Morgan fingerprint density at radius 1 is 1.50 bits per heavy atom. The molecule has 1 fully saturated rings. The van der Waals surface area contributed by atoms with E-state index in [9.17, 15) is 12.8 Å². The Kier molecular flexibility index (Phi) is 4.31. The maximum atomic E-state index is 13.8. The van der Waals surface area contributed by atoms with Crippen molar-refractivity contribution >= 4 is 15.7 Å². The smallest absolute Gasteiger partial charge is 0.245 e. The minimum atomic E-state index is -3.81. The van der Waals surface area contributed by atoms with Crippen LogP contribution in [0.2, 0.25) is 0 Å². The molecule has 1 aliphatic rings. The third-order valence-corrected chi connectivity index (χ3v) is 5.51. The van der Waals surface area contributed by atoms with Crippen LogP contribution in [0.25, 0.3) is 0 Å². The van der Waals surface area contributed by atoms with Crippen LogP contribution in [0.3, 0.4) is 0 Å². The molecule has 20 heavy (non-hydrogen) atoms. The van der Waals surface area contributed by atoms with Crippen molar-refractivity contribution < 1.29 is 12.8 Å². The third-order valence-electron chi connectivity index (χ3n) is 3.65. The van der Waals surface area contributed by atoms with Gasteiger partial charge < -0.3 is 10.6 Å². The minimum absolute atomic E-state index is 0.210. The molecule has 0 aliphatic carbocycles. The lowest BCUT2D eigenvalue weighted by Crippen LogP contribution is -2.33. The lowest BCUT2D eigenvalue weighted by Gasteiger charge is -2.21. The fourth-order valence-electron chi connectivity index (χ4n) is 2.53. The summed E-state index contributed by atoms with van der Waals surface area (Å²) in [5.74, 6) is -0.517. The summed E-state index contributed by atoms with van der Waals surface area (Å²) in [5.41, 5.74) is 5.65. The van der Waals surface area contributed by atoms with Gasteiger partial charge in [-0.3, -0.25) is 0 Å². The molecule has 0 amide bonds. The Morgan fingerprint density at radius 3 is 2.75 bits per heavy atom. The molecule has 1 aromatic carbocycles. The Labute approximate surface area is 119 Å². The van der Waals surface area contributed by atoms with Gasteiger partial charge in [-0.2, -0.15) is 0 Å². The second-order valence-electron chi connectivity index (χ2n) is 5.39. The molecule has 1 atom stereocenters. The third kappa shape index (κ3) is 3.11. The van der Waals surface area contributed by atoms with Crippen LogP contribution >= 0.6 is 0 Å². The van der Waals surface area contributed by atoms with E-state index in [1.165, 1.54) is 23.5 Å². The Balaban J connectivity index is 2.17. The summed E-state index contributed by atoms with van der Waals surface area (Å²) in [6.07, 6.45) is 0.959.